The van der Waals surface area contributed by atoms with Crippen molar-refractivity contribution in [1.82, 2.24) is 10.2 Å². The molecule has 1 heterocycles. The van der Waals surface area contributed by atoms with E-state index in [0.29, 0.717) is 12.8 Å². The van der Waals surface area contributed by atoms with E-state index in [4.69, 9.17) is 0 Å². The summed E-state index contributed by atoms with van der Waals surface area (Å²) in [5.41, 5.74) is -0.844. The van der Waals surface area contributed by atoms with Crippen LogP contribution in [0.15, 0.2) is 0 Å². The van der Waals surface area contributed by atoms with E-state index in [1.54, 1.807) is 4.90 Å². The van der Waals surface area contributed by atoms with E-state index in [1.165, 1.54) is 0 Å². The molecule has 0 spiro atoms. The number of hydrogen-bond acceptors (Lipinski definition) is 3. The van der Waals surface area contributed by atoms with Crippen molar-refractivity contribution in [2.75, 3.05) is 24.6 Å². The molecule has 1 rings (SSSR count). The van der Waals surface area contributed by atoms with Crippen molar-refractivity contribution in [1.29, 1.82) is 0 Å². The van der Waals surface area contributed by atoms with Crippen molar-refractivity contribution in [3.63, 3.8) is 0 Å². The Morgan fingerprint density at radius 1 is 1.42 bits per heavy atom. The molecule has 19 heavy (non-hydrogen) atoms. The average molecular weight is 288 g/mol. The molecule has 2 amide bonds. The van der Waals surface area contributed by atoms with Crippen LogP contribution in [0.5, 0.6) is 0 Å². The van der Waals surface area contributed by atoms with Gasteiger partial charge >= 0.3 is 12.0 Å². The molecule has 0 radical (unpaired) electrons. The van der Waals surface area contributed by atoms with Crippen LogP contribution in [-0.2, 0) is 4.79 Å². The molecule has 0 aliphatic carbocycles. The van der Waals surface area contributed by atoms with Gasteiger partial charge in [-0.05, 0) is 19.8 Å². The van der Waals surface area contributed by atoms with Crippen molar-refractivity contribution in [2.45, 2.75) is 39.7 Å². The fourth-order valence-corrected chi connectivity index (χ4v) is 3.27. The third kappa shape index (κ3) is 3.78. The van der Waals surface area contributed by atoms with Crippen LogP contribution in [0.1, 0.15) is 33.6 Å². The van der Waals surface area contributed by atoms with Gasteiger partial charge in [-0.25, -0.2) is 4.79 Å². The number of carboxylic acids is 1. The highest BCUT2D eigenvalue weighted by atomic mass is 32.2. The Morgan fingerprint density at radius 3 is 2.53 bits per heavy atom. The van der Waals surface area contributed by atoms with Crippen LogP contribution in [0.25, 0.3) is 0 Å². The smallest absolute Gasteiger partial charge is 0.317 e. The van der Waals surface area contributed by atoms with Crippen LogP contribution >= 0.6 is 11.8 Å². The lowest BCUT2D eigenvalue weighted by Crippen LogP contribution is -2.52. The maximum atomic E-state index is 12.1. The second-order valence-electron chi connectivity index (χ2n) is 5.07. The number of hydrogen-bond donors (Lipinski definition) is 2. The second-order valence-corrected chi connectivity index (χ2v) is 6.22. The van der Waals surface area contributed by atoms with Gasteiger partial charge in [0.1, 0.15) is 0 Å². The quantitative estimate of drug-likeness (QED) is 0.812. The van der Waals surface area contributed by atoms with Crippen LogP contribution in [0.2, 0.25) is 0 Å². The fourth-order valence-electron chi connectivity index (χ4n) is 2.25. The average Bonchev–Trinajstić information content (AvgIpc) is 2.40. The zero-order valence-electron chi connectivity index (χ0n) is 11.9. The number of urea groups is 1. The summed E-state index contributed by atoms with van der Waals surface area (Å²) in [6.07, 6.45) is 1.04. The highest BCUT2D eigenvalue weighted by Gasteiger charge is 2.36. The van der Waals surface area contributed by atoms with E-state index >= 15 is 0 Å². The van der Waals surface area contributed by atoms with Gasteiger partial charge < -0.3 is 15.3 Å². The molecule has 1 aliphatic heterocycles. The first kappa shape index (κ1) is 16.1. The summed E-state index contributed by atoms with van der Waals surface area (Å²) < 4.78 is 0. The minimum Gasteiger partial charge on any atom is -0.481 e. The lowest BCUT2D eigenvalue weighted by molar-refractivity contribution is -0.149. The van der Waals surface area contributed by atoms with Crippen LogP contribution in [0.4, 0.5) is 4.79 Å². The number of rotatable bonds is 5. The summed E-state index contributed by atoms with van der Waals surface area (Å²) in [5.74, 6) is 1.06. The number of carbonyl (C=O) groups is 2. The number of carboxylic acid groups (broad SMARTS) is 1. The molecule has 1 aliphatic rings. The lowest BCUT2D eigenvalue weighted by atomic mass is 9.82. The summed E-state index contributed by atoms with van der Waals surface area (Å²) in [6, 6.07) is 0.0709. The second kappa shape index (κ2) is 7.03. The Bertz CT molecular complexity index is 332. The summed E-state index contributed by atoms with van der Waals surface area (Å²) in [7, 11) is 0. The van der Waals surface area contributed by atoms with Gasteiger partial charge in [-0.2, -0.15) is 11.8 Å². The van der Waals surface area contributed by atoms with Crippen molar-refractivity contribution < 1.29 is 14.7 Å². The van der Waals surface area contributed by atoms with E-state index in [9.17, 15) is 14.7 Å². The Kier molecular flexibility index (Phi) is 5.97. The predicted octanol–water partition coefficient (Wildman–Crippen LogP) is 2.02. The molecule has 110 valence electrons. The van der Waals surface area contributed by atoms with Crippen LogP contribution in [0, 0.1) is 5.41 Å². The van der Waals surface area contributed by atoms with E-state index in [-0.39, 0.29) is 18.6 Å². The molecule has 5 nitrogen and oxygen atoms in total. The fraction of sp³-hybridized carbons (Fsp3) is 0.846. The Hall–Kier alpha value is -0.910. The SMILES string of the molecule is CCC(CC)(CNC(=O)N1CCSCC1C)C(=O)O. The van der Waals surface area contributed by atoms with Crippen molar-refractivity contribution >= 4 is 23.8 Å². The summed E-state index contributed by atoms with van der Waals surface area (Å²) in [4.78, 5) is 25.3. The number of thioether (sulfide) groups is 1. The largest absolute Gasteiger partial charge is 0.481 e. The highest BCUT2D eigenvalue weighted by molar-refractivity contribution is 7.99. The van der Waals surface area contributed by atoms with Gasteiger partial charge in [0, 0.05) is 30.6 Å². The van der Waals surface area contributed by atoms with Crippen molar-refractivity contribution in [3.05, 3.63) is 0 Å². The first-order valence-corrected chi connectivity index (χ1v) is 7.98. The molecule has 2 N–H and O–H groups in total. The number of aliphatic carboxylic acids is 1. The maximum Gasteiger partial charge on any atom is 0.317 e. The number of carbonyl (C=O) groups excluding carboxylic acids is 1. The monoisotopic (exact) mass is 288 g/mol. The molecule has 1 atom stereocenters. The summed E-state index contributed by atoms with van der Waals surface area (Å²) in [5, 5.41) is 12.1. The van der Waals surface area contributed by atoms with Gasteiger partial charge in [-0.15, -0.1) is 0 Å². The first-order valence-electron chi connectivity index (χ1n) is 6.82. The molecule has 0 aromatic heterocycles. The number of amides is 2. The van der Waals surface area contributed by atoms with Crippen LogP contribution in [0.3, 0.4) is 0 Å². The molecule has 0 bridgehead atoms. The molecule has 1 unspecified atom stereocenters. The molecule has 6 heteroatoms. The molecule has 1 saturated heterocycles. The summed E-state index contributed by atoms with van der Waals surface area (Å²) in [6.45, 7) is 6.66. The Labute approximate surface area is 119 Å². The summed E-state index contributed by atoms with van der Waals surface area (Å²) >= 11 is 1.85. The number of nitrogens with one attached hydrogen (secondary N) is 1. The van der Waals surface area contributed by atoms with Gasteiger partial charge in [-0.1, -0.05) is 13.8 Å². The Balaban J connectivity index is 2.59. The number of nitrogens with zero attached hydrogens (tertiary/aromatic N) is 1. The zero-order valence-corrected chi connectivity index (χ0v) is 12.8. The van der Waals surface area contributed by atoms with Crippen LogP contribution in [-0.4, -0.2) is 52.6 Å². The van der Waals surface area contributed by atoms with Gasteiger partial charge in [0.15, 0.2) is 0 Å². The molecular formula is C13H24N2O3S. The van der Waals surface area contributed by atoms with Gasteiger partial charge in [0.05, 0.1) is 5.41 Å². The Morgan fingerprint density at radius 2 is 2.05 bits per heavy atom. The van der Waals surface area contributed by atoms with E-state index < -0.39 is 11.4 Å². The minimum absolute atomic E-state index is 0.139. The normalized spacial score (nSPS) is 20.2. The predicted molar refractivity (Wildman–Crippen MR) is 77.5 cm³/mol. The molecule has 0 saturated carbocycles. The minimum atomic E-state index is -0.844. The van der Waals surface area contributed by atoms with E-state index in [0.717, 1.165) is 18.1 Å². The van der Waals surface area contributed by atoms with E-state index in [2.05, 4.69) is 5.32 Å². The molecule has 1 fully saturated rings. The lowest BCUT2D eigenvalue weighted by Gasteiger charge is -2.34. The third-order valence-electron chi connectivity index (χ3n) is 4.01. The van der Waals surface area contributed by atoms with Crippen molar-refractivity contribution in [3.8, 4) is 0 Å². The van der Waals surface area contributed by atoms with Gasteiger partial charge in [0.2, 0.25) is 0 Å². The third-order valence-corrected chi connectivity index (χ3v) is 5.20. The molecule has 0 aromatic rings. The highest BCUT2D eigenvalue weighted by Crippen LogP contribution is 2.26. The first-order chi connectivity index (χ1) is 8.96. The van der Waals surface area contributed by atoms with Crippen molar-refractivity contribution in [2.24, 2.45) is 5.41 Å². The maximum absolute atomic E-state index is 12.1. The van der Waals surface area contributed by atoms with Gasteiger partial charge in [0.25, 0.3) is 0 Å². The zero-order chi connectivity index (χ0) is 14.5. The van der Waals surface area contributed by atoms with Crippen LogP contribution < -0.4 is 5.32 Å². The molecule has 0 aromatic carbocycles. The van der Waals surface area contributed by atoms with Gasteiger partial charge in [-0.3, -0.25) is 4.79 Å². The molecular weight excluding hydrogens is 264 g/mol. The standard InChI is InChI=1S/C13H24N2O3S/c1-4-13(5-2,11(16)17)9-14-12(18)15-6-7-19-8-10(15)3/h10H,4-9H2,1-3H3,(H,14,18)(H,16,17). The van der Waals surface area contributed by atoms with E-state index in [1.807, 2.05) is 32.5 Å². The topological polar surface area (TPSA) is 69.6 Å².